The molecule has 2 aromatic rings. The molecule has 140 valence electrons. The van der Waals surface area contributed by atoms with Crippen LogP contribution in [0.2, 0.25) is 0 Å². The number of carbonyl (C=O) groups excluding carboxylic acids is 1. The number of benzene rings is 2. The second-order valence-electron chi connectivity index (χ2n) is 6.60. The molecule has 0 aromatic heterocycles. The Bertz CT molecular complexity index is 892. The molecular formula is C18H24N4O3S. The number of amides is 1. The number of sulfonamides is 1. The van der Waals surface area contributed by atoms with Crippen LogP contribution in [0.4, 0.5) is 0 Å². The average Bonchev–Trinajstić information content (AvgIpc) is 2.63. The fourth-order valence-corrected chi connectivity index (χ4v) is 4.09. The molecule has 3 rings (SSSR count). The fraction of sp³-hybridized carbons (Fsp3) is 0.389. The molecule has 8 heteroatoms. The van der Waals surface area contributed by atoms with E-state index in [9.17, 15) is 13.2 Å². The van der Waals surface area contributed by atoms with Gasteiger partial charge in [-0.05, 0) is 30.0 Å². The molecule has 0 aliphatic carbocycles. The Morgan fingerprint density at radius 3 is 2.42 bits per heavy atom. The molecule has 2 aromatic carbocycles. The number of nitrogens with zero attached hydrogens (tertiary/aromatic N) is 3. The molecule has 0 saturated carbocycles. The Kier molecular flexibility index (Phi) is 5.57. The topological polar surface area (TPSA) is 73.0 Å². The van der Waals surface area contributed by atoms with Crippen LogP contribution in [0.5, 0.6) is 0 Å². The van der Waals surface area contributed by atoms with Gasteiger partial charge in [0.05, 0.1) is 11.4 Å². The number of piperazine rings is 1. The van der Waals surface area contributed by atoms with E-state index in [0.29, 0.717) is 0 Å². The van der Waals surface area contributed by atoms with E-state index in [1.807, 2.05) is 36.3 Å². The monoisotopic (exact) mass is 376 g/mol. The van der Waals surface area contributed by atoms with E-state index in [1.165, 1.54) is 7.05 Å². The fourth-order valence-electron chi connectivity index (χ4n) is 2.92. The van der Waals surface area contributed by atoms with Gasteiger partial charge in [-0.2, -0.15) is 4.31 Å². The summed E-state index contributed by atoms with van der Waals surface area (Å²) in [7, 11) is -0.274. The molecular weight excluding hydrogens is 352 g/mol. The third-order valence-electron chi connectivity index (χ3n) is 4.58. The van der Waals surface area contributed by atoms with E-state index in [0.717, 1.165) is 41.3 Å². The van der Waals surface area contributed by atoms with E-state index >= 15 is 0 Å². The van der Waals surface area contributed by atoms with E-state index in [4.69, 9.17) is 0 Å². The average molecular weight is 376 g/mol. The molecule has 1 aliphatic rings. The van der Waals surface area contributed by atoms with Gasteiger partial charge in [-0.1, -0.05) is 30.3 Å². The molecule has 0 atom stereocenters. The predicted molar refractivity (Wildman–Crippen MR) is 101 cm³/mol. The Labute approximate surface area is 154 Å². The predicted octanol–water partition coefficient (Wildman–Crippen LogP) is 0.739. The first-order chi connectivity index (χ1) is 12.4. The highest BCUT2D eigenvalue weighted by Crippen LogP contribution is 2.21. The molecule has 26 heavy (non-hydrogen) atoms. The van der Waals surface area contributed by atoms with Gasteiger partial charge < -0.3 is 4.90 Å². The number of nitrogens with one attached hydrogen (secondary N) is 1. The summed E-state index contributed by atoms with van der Waals surface area (Å²) in [6, 6.07) is 12.6. The molecule has 1 aliphatic heterocycles. The molecule has 0 spiro atoms. The van der Waals surface area contributed by atoms with Gasteiger partial charge in [0.2, 0.25) is 15.9 Å². The Hall–Kier alpha value is -2.00. The quantitative estimate of drug-likeness (QED) is 0.833. The van der Waals surface area contributed by atoms with Crippen LogP contribution in [0, 0.1) is 0 Å². The maximum atomic E-state index is 12.8. The van der Waals surface area contributed by atoms with Crippen LogP contribution in [0.15, 0.2) is 47.4 Å². The Balaban J connectivity index is 1.67. The van der Waals surface area contributed by atoms with Gasteiger partial charge in [0.15, 0.2) is 0 Å². The van der Waals surface area contributed by atoms with Crippen molar-refractivity contribution < 1.29 is 13.2 Å². The summed E-state index contributed by atoms with van der Waals surface area (Å²) in [5.74, 6) is -0.332. The van der Waals surface area contributed by atoms with E-state index in [1.54, 1.807) is 18.2 Å². The van der Waals surface area contributed by atoms with Crippen LogP contribution in [0.25, 0.3) is 10.8 Å². The first-order valence-corrected chi connectivity index (χ1v) is 9.98. The number of hydrogen-bond acceptors (Lipinski definition) is 5. The molecule has 1 amide bonds. The van der Waals surface area contributed by atoms with Crippen molar-refractivity contribution in [2.45, 2.75) is 4.90 Å². The highest BCUT2D eigenvalue weighted by atomic mass is 32.2. The molecule has 1 N–H and O–H groups in total. The van der Waals surface area contributed by atoms with Gasteiger partial charge in [0, 0.05) is 33.2 Å². The maximum absolute atomic E-state index is 12.8. The molecule has 1 fully saturated rings. The lowest BCUT2D eigenvalue weighted by atomic mass is 10.1. The summed E-state index contributed by atoms with van der Waals surface area (Å²) in [5.41, 5.74) is 2.79. The smallest absolute Gasteiger partial charge is 0.249 e. The van der Waals surface area contributed by atoms with Gasteiger partial charge in [0.1, 0.15) is 0 Å². The summed E-state index contributed by atoms with van der Waals surface area (Å²) >= 11 is 0. The standard InChI is InChI=1S/C18H24N4O3S/c1-20-9-11-22(12-10-20)19-18(23)14-21(2)26(24,25)17-8-7-15-5-3-4-6-16(15)13-17/h3-8,13H,9-12,14H2,1-2H3,(H,19,23). The summed E-state index contributed by atoms with van der Waals surface area (Å²) in [6.07, 6.45) is 0. The zero-order valence-corrected chi connectivity index (χ0v) is 15.9. The zero-order valence-electron chi connectivity index (χ0n) is 15.1. The number of likely N-dealkylation sites (N-methyl/N-ethyl adjacent to an activating group) is 2. The van der Waals surface area contributed by atoms with Crippen molar-refractivity contribution in [2.75, 3.05) is 46.8 Å². The molecule has 0 bridgehead atoms. The largest absolute Gasteiger partial charge is 0.304 e. The van der Waals surface area contributed by atoms with Crippen molar-refractivity contribution in [3.05, 3.63) is 42.5 Å². The number of hydrogen-bond donors (Lipinski definition) is 1. The first-order valence-electron chi connectivity index (χ1n) is 8.54. The summed E-state index contributed by atoms with van der Waals surface area (Å²) < 4.78 is 26.6. The summed E-state index contributed by atoms with van der Waals surface area (Å²) in [6.45, 7) is 2.96. The van der Waals surface area contributed by atoms with Crippen molar-refractivity contribution in [1.29, 1.82) is 0 Å². The summed E-state index contributed by atoms with van der Waals surface area (Å²) in [5, 5.41) is 3.66. The molecule has 1 heterocycles. The van der Waals surface area contributed by atoms with Crippen LogP contribution in [-0.4, -0.2) is 75.4 Å². The number of fused-ring (bicyclic) bond motifs is 1. The van der Waals surface area contributed by atoms with Gasteiger partial charge in [-0.3, -0.25) is 10.2 Å². The molecule has 0 radical (unpaired) electrons. The van der Waals surface area contributed by atoms with Crippen LogP contribution in [-0.2, 0) is 14.8 Å². The van der Waals surface area contributed by atoms with Crippen LogP contribution >= 0.6 is 0 Å². The molecule has 1 saturated heterocycles. The van der Waals surface area contributed by atoms with Crippen LogP contribution in [0.1, 0.15) is 0 Å². The van der Waals surface area contributed by atoms with Crippen LogP contribution < -0.4 is 5.43 Å². The Morgan fingerprint density at radius 1 is 1.08 bits per heavy atom. The Morgan fingerprint density at radius 2 is 1.73 bits per heavy atom. The second-order valence-corrected chi connectivity index (χ2v) is 8.64. The number of hydrazine groups is 1. The number of carbonyl (C=O) groups is 1. The molecule has 7 nitrogen and oxygen atoms in total. The maximum Gasteiger partial charge on any atom is 0.249 e. The van der Waals surface area contributed by atoms with E-state index < -0.39 is 10.0 Å². The van der Waals surface area contributed by atoms with Gasteiger partial charge in [0.25, 0.3) is 0 Å². The van der Waals surface area contributed by atoms with Gasteiger partial charge in [-0.25, -0.2) is 13.4 Å². The highest BCUT2D eigenvalue weighted by molar-refractivity contribution is 7.89. The third-order valence-corrected chi connectivity index (χ3v) is 6.38. The highest BCUT2D eigenvalue weighted by Gasteiger charge is 2.24. The van der Waals surface area contributed by atoms with Crippen molar-refractivity contribution in [2.24, 2.45) is 0 Å². The van der Waals surface area contributed by atoms with Crippen molar-refractivity contribution in [3.63, 3.8) is 0 Å². The van der Waals surface area contributed by atoms with Crippen LogP contribution in [0.3, 0.4) is 0 Å². The van der Waals surface area contributed by atoms with Crippen molar-refractivity contribution >= 4 is 26.7 Å². The minimum Gasteiger partial charge on any atom is -0.304 e. The minimum absolute atomic E-state index is 0.186. The summed E-state index contributed by atoms with van der Waals surface area (Å²) in [4.78, 5) is 14.6. The van der Waals surface area contributed by atoms with Gasteiger partial charge >= 0.3 is 0 Å². The lowest BCUT2D eigenvalue weighted by Crippen LogP contribution is -2.54. The van der Waals surface area contributed by atoms with Crippen molar-refractivity contribution in [3.8, 4) is 0 Å². The van der Waals surface area contributed by atoms with E-state index in [2.05, 4.69) is 10.3 Å². The lowest BCUT2D eigenvalue weighted by molar-refractivity contribution is -0.126. The SMILES string of the molecule is CN1CCN(NC(=O)CN(C)S(=O)(=O)c2ccc3ccccc3c2)CC1. The minimum atomic E-state index is -3.73. The zero-order chi connectivity index (χ0) is 18.7. The second kappa shape index (κ2) is 7.71. The molecule has 0 unspecified atom stereocenters. The first kappa shape index (κ1) is 18.8. The van der Waals surface area contributed by atoms with E-state index in [-0.39, 0.29) is 17.3 Å². The third kappa shape index (κ3) is 4.21. The lowest BCUT2D eigenvalue weighted by Gasteiger charge is -2.32. The normalized spacial score (nSPS) is 16.9. The van der Waals surface area contributed by atoms with Crippen molar-refractivity contribution in [1.82, 2.24) is 19.6 Å². The number of rotatable bonds is 5. The van der Waals surface area contributed by atoms with Gasteiger partial charge in [-0.15, -0.1) is 0 Å².